The Balaban J connectivity index is 0.862. The number of para-hydroxylation sites is 4. The summed E-state index contributed by atoms with van der Waals surface area (Å²) in [5.74, 6) is 0.195. The first-order chi connectivity index (χ1) is 37.7. The van der Waals surface area contributed by atoms with Crippen molar-refractivity contribution in [2.75, 3.05) is 19.6 Å². The lowest BCUT2D eigenvalue weighted by Crippen LogP contribution is -2.34. The van der Waals surface area contributed by atoms with Gasteiger partial charge in [-0.1, -0.05) is 182 Å². The molecule has 15 rings (SSSR count). The summed E-state index contributed by atoms with van der Waals surface area (Å²) >= 11 is 0. The minimum absolute atomic E-state index is 0.103. The number of rotatable bonds is 6. The number of hydrogen-bond donors (Lipinski definition) is 0. The normalized spacial score (nSPS) is 16.3. The molecule has 0 saturated heterocycles. The van der Waals surface area contributed by atoms with Gasteiger partial charge in [0.1, 0.15) is 0 Å². The average molecular weight is 973 g/mol. The molecule has 4 heteroatoms. The summed E-state index contributed by atoms with van der Waals surface area (Å²) in [6, 6.07) is 89.9. The molecule has 2 unspecified atom stereocenters. The van der Waals surface area contributed by atoms with Crippen LogP contribution in [0.4, 0.5) is 56.9 Å². The largest absolute Gasteiger partial charge is 0.333 e. The molecule has 0 saturated carbocycles. The van der Waals surface area contributed by atoms with Crippen LogP contribution in [-0.2, 0) is 0 Å². The number of anilines is 10. The van der Waals surface area contributed by atoms with Crippen LogP contribution in [0.2, 0.25) is 0 Å². The topological polar surface area (TPSA) is 13.0 Å². The quantitative estimate of drug-likeness (QED) is 0.165. The maximum atomic E-state index is 2.55. The third kappa shape index (κ3) is 7.06. The lowest BCUT2D eigenvalue weighted by atomic mass is 9.85. The summed E-state index contributed by atoms with van der Waals surface area (Å²) in [4.78, 5) is 9.91. The smallest absolute Gasteiger partial charge is 0.0629 e. The summed E-state index contributed by atoms with van der Waals surface area (Å²) in [7, 11) is 0. The van der Waals surface area contributed by atoms with E-state index in [9.17, 15) is 0 Å². The number of benzene rings is 10. The molecule has 0 aromatic heterocycles. The zero-order valence-corrected chi connectivity index (χ0v) is 41.9. The fourth-order valence-electron chi connectivity index (χ4n) is 12.8. The molecule has 2 aliphatic carbocycles. The first-order valence-corrected chi connectivity index (χ1v) is 26.6. The molecule has 0 fully saturated rings. The van der Waals surface area contributed by atoms with Crippen LogP contribution < -0.4 is 19.6 Å². The van der Waals surface area contributed by atoms with Gasteiger partial charge in [0.25, 0.3) is 0 Å². The second-order valence-electron chi connectivity index (χ2n) is 20.3. The van der Waals surface area contributed by atoms with E-state index in [1.165, 1.54) is 78.3 Å². The number of hydrogen-bond acceptors (Lipinski definition) is 4. The molecular weight excluding hydrogens is 921 g/mol. The van der Waals surface area contributed by atoms with Crippen LogP contribution in [0, 0.1) is 0 Å². The van der Waals surface area contributed by atoms with Crippen LogP contribution >= 0.6 is 0 Å². The molecule has 0 N–H and O–H groups in total. The molecule has 2 atom stereocenters. The molecule has 76 heavy (non-hydrogen) atoms. The minimum Gasteiger partial charge on any atom is -0.333 e. The van der Waals surface area contributed by atoms with Gasteiger partial charge in [0.05, 0.1) is 23.1 Å². The standard InChI is InChI=1S/C72H52N4/c1-2-20-56-55(19-1)61-25-7-13-31-67(61)74(68-32-14-8-26-62(56)68)52-43-37-49(38-44-52)73(50-39-45-53(46-40-50)75-69-33-15-9-27-63(69)57-21-3-4-22-58(57)64-28-10-16-34-70(64)75)51-41-47-54(48-42-51)76-71-35-17-11-29-65(71)59-23-5-6-24-60(59)66-30-12-18-36-72(66)76/h1-17,19-35,37-48,61,67H,18,36H2. The van der Waals surface area contributed by atoms with Crippen LogP contribution in [0.5, 0.6) is 0 Å². The zero-order valence-electron chi connectivity index (χ0n) is 41.9. The SMILES string of the molecule is C1=CC2c3ccccc3-c3ccccc3N(c3ccc(N(c4ccc(N5C6=C(C=CCC6)c6ccccc6-c6ccccc65)cc4)c4ccc(N5c6ccccc6-c6ccccc6-c6ccccc65)cc4)cc3)C2C=C1. The van der Waals surface area contributed by atoms with E-state index < -0.39 is 0 Å². The average Bonchev–Trinajstić information content (AvgIpc) is 3.78. The fourth-order valence-corrected chi connectivity index (χ4v) is 12.8. The molecule has 3 aliphatic heterocycles. The van der Waals surface area contributed by atoms with Crippen molar-refractivity contribution in [1.29, 1.82) is 0 Å². The summed E-state index contributed by atoms with van der Waals surface area (Å²) in [5, 5.41) is 0. The Labute approximate surface area is 445 Å². The molecule has 0 bridgehead atoms. The molecule has 5 aliphatic rings. The maximum absolute atomic E-state index is 2.55. The Morgan fingerprint density at radius 3 is 1.32 bits per heavy atom. The molecule has 4 nitrogen and oxygen atoms in total. The van der Waals surface area contributed by atoms with E-state index in [0.717, 1.165) is 58.3 Å². The molecule has 3 heterocycles. The fraction of sp³-hybridized carbons (Fsp3) is 0.0556. The molecule has 10 aromatic rings. The second kappa shape index (κ2) is 18.1. The van der Waals surface area contributed by atoms with E-state index in [4.69, 9.17) is 0 Å². The third-order valence-electron chi connectivity index (χ3n) is 16.2. The monoisotopic (exact) mass is 972 g/mol. The lowest BCUT2D eigenvalue weighted by Gasteiger charge is -2.36. The van der Waals surface area contributed by atoms with Crippen molar-refractivity contribution in [3.8, 4) is 44.5 Å². The van der Waals surface area contributed by atoms with Gasteiger partial charge in [-0.15, -0.1) is 0 Å². The maximum Gasteiger partial charge on any atom is 0.0629 e. The van der Waals surface area contributed by atoms with Crippen molar-refractivity contribution in [3.05, 3.63) is 296 Å². The van der Waals surface area contributed by atoms with E-state index in [2.05, 4.69) is 299 Å². The van der Waals surface area contributed by atoms with Crippen LogP contribution in [0.1, 0.15) is 29.9 Å². The minimum atomic E-state index is 0.103. The third-order valence-corrected chi connectivity index (χ3v) is 16.2. The summed E-state index contributed by atoms with van der Waals surface area (Å²) in [6.07, 6.45) is 15.8. The van der Waals surface area contributed by atoms with Gasteiger partial charge in [-0.3, -0.25) is 0 Å². The van der Waals surface area contributed by atoms with Gasteiger partial charge in [-0.2, -0.15) is 0 Å². The van der Waals surface area contributed by atoms with Crippen molar-refractivity contribution >= 4 is 62.4 Å². The summed E-state index contributed by atoms with van der Waals surface area (Å²) in [6.45, 7) is 0. The molecule has 360 valence electrons. The van der Waals surface area contributed by atoms with E-state index in [1.54, 1.807) is 0 Å². The van der Waals surface area contributed by atoms with Gasteiger partial charge in [-0.25, -0.2) is 0 Å². The highest BCUT2D eigenvalue weighted by molar-refractivity contribution is 6.03. The number of fused-ring (bicyclic) bond motifs is 14. The van der Waals surface area contributed by atoms with Crippen LogP contribution in [0.3, 0.4) is 0 Å². The Bertz CT molecular complexity index is 3960. The lowest BCUT2D eigenvalue weighted by molar-refractivity contribution is 0.697. The highest BCUT2D eigenvalue weighted by Crippen LogP contribution is 2.53. The van der Waals surface area contributed by atoms with Crippen molar-refractivity contribution < 1.29 is 0 Å². The van der Waals surface area contributed by atoms with E-state index >= 15 is 0 Å². The van der Waals surface area contributed by atoms with E-state index in [1.807, 2.05) is 0 Å². The summed E-state index contributed by atoms with van der Waals surface area (Å²) < 4.78 is 0. The van der Waals surface area contributed by atoms with Gasteiger partial charge in [0, 0.05) is 79.3 Å². The number of nitrogens with zero attached hydrogens (tertiary/aromatic N) is 4. The molecule has 0 spiro atoms. The van der Waals surface area contributed by atoms with Crippen LogP contribution in [-0.4, -0.2) is 6.04 Å². The molecule has 0 radical (unpaired) electrons. The zero-order chi connectivity index (χ0) is 50.1. The van der Waals surface area contributed by atoms with Crippen LogP contribution in [0.25, 0.3) is 50.1 Å². The highest BCUT2D eigenvalue weighted by Gasteiger charge is 2.35. The Morgan fingerprint density at radius 1 is 0.342 bits per heavy atom. The van der Waals surface area contributed by atoms with E-state index in [-0.39, 0.29) is 12.0 Å². The van der Waals surface area contributed by atoms with Crippen molar-refractivity contribution in [1.82, 2.24) is 0 Å². The van der Waals surface area contributed by atoms with Gasteiger partial charge in [0.2, 0.25) is 0 Å². The highest BCUT2D eigenvalue weighted by atomic mass is 15.2. The van der Waals surface area contributed by atoms with Crippen molar-refractivity contribution in [3.63, 3.8) is 0 Å². The van der Waals surface area contributed by atoms with Crippen molar-refractivity contribution in [2.45, 2.75) is 24.8 Å². The first-order valence-electron chi connectivity index (χ1n) is 26.6. The van der Waals surface area contributed by atoms with E-state index in [0.29, 0.717) is 0 Å². The van der Waals surface area contributed by atoms with Gasteiger partial charge < -0.3 is 19.6 Å². The van der Waals surface area contributed by atoms with Gasteiger partial charge >= 0.3 is 0 Å². The predicted molar refractivity (Wildman–Crippen MR) is 318 cm³/mol. The van der Waals surface area contributed by atoms with Crippen molar-refractivity contribution in [2.24, 2.45) is 0 Å². The van der Waals surface area contributed by atoms with Gasteiger partial charge in [0.15, 0.2) is 0 Å². The van der Waals surface area contributed by atoms with Gasteiger partial charge in [-0.05, 0) is 143 Å². The molecular formula is C72H52N4. The first kappa shape index (κ1) is 43.9. The summed E-state index contributed by atoms with van der Waals surface area (Å²) in [5.41, 5.74) is 26.6. The molecule has 0 amide bonds. The molecule has 10 aromatic carbocycles. The Hall–Kier alpha value is -9.64. The Morgan fingerprint density at radius 2 is 0.750 bits per heavy atom. The predicted octanol–water partition coefficient (Wildman–Crippen LogP) is 19.6. The Kier molecular flexibility index (Phi) is 10.4. The van der Waals surface area contributed by atoms with Crippen LogP contribution in [0.15, 0.2) is 285 Å². The number of allylic oxidation sites excluding steroid dienone is 6. The second-order valence-corrected chi connectivity index (χ2v) is 20.3.